The normalized spacial score (nSPS) is 14.2. The quantitative estimate of drug-likeness (QED) is 0.212. The Morgan fingerprint density at radius 3 is 2.27 bits per heavy atom. The van der Waals surface area contributed by atoms with Gasteiger partial charge in [-0.2, -0.15) is 0 Å². The number of hydrogen-bond acceptors (Lipinski definition) is 6. The van der Waals surface area contributed by atoms with Gasteiger partial charge in [0.25, 0.3) is 10.0 Å². The number of hydrogen-bond donors (Lipinski definition) is 1. The summed E-state index contributed by atoms with van der Waals surface area (Å²) in [4.78, 5) is 30.5. The van der Waals surface area contributed by atoms with Crippen LogP contribution in [-0.2, 0) is 26.2 Å². The Morgan fingerprint density at radius 2 is 1.68 bits per heavy atom. The zero-order valence-corrected chi connectivity index (χ0v) is 27.6. The number of amides is 2. The van der Waals surface area contributed by atoms with Crippen molar-refractivity contribution in [2.45, 2.75) is 81.3 Å². The maximum atomic E-state index is 14.3. The van der Waals surface area contributed by atoms with Gasteiger partial charge in [0.1, 0.15) is 18.3 Å². The molecule has 10 heteroatoms. The molecule has 0 aromatic heterocycles. The second-order valence-corrected chi connectivity index (χ2v) is 13.8. The number of nitrogens with one attached hydrogen (secondary N) is 1. The van der Waals surface area contributed by atoms with Gasteiger partial charge in [-0.25, -0.2) is 8.42 Å². The van der Waals surface area contributed by atoms with Gasteiger partial charge in [-0.3, -0.25) is 13.9 Å². The molecular weight excluding hydrogens is 595 g/mol. The third kappa shape index (κ3) is 8.35. The molecule has 0 bridgehead atoms. The molecule has 1 N–H and O–H groups in total. The summed E-state index contributed by atoms with van der Waals surface area (Å²) in [6.07, 6.45) is 6.30. The lowest BCUT2D eigenvalue weighted by Crippen LogP contribution is -2.53. The maximum absolute atomic E-state index is 14.3. The van der Waals surface area contributed by atoms with Crippen LogP contribution < -0.4 is 14.4 Å². The van der Waals surface area contributed by atoms with Gasteiger partial charge in [0, 0.05) is 17.5 Å². The molecule has 0 unspecified atom stereocenters. The van der Waals surface area contributed by atoms with Crippen LogP contribution in [0.1, 0.15) is 57.1 Å². The number of thioether (sulfide) groups is 1. The Morgan fingerprint density at radius 1 is 1.00 bits per heavy atom. The molecule has 236 valence electrons. The molecule has 1 aliphatic carbocycles. The monoisotopic (exact) mass is 637 g/mol. The van der Waals surface area contributed by atoms with Crippen LogP contribution in [0.15, 0.2) is 82.6 Å². The highest BCUT2D eigenvalue weighted by molar-refractivity contribution is 7.98. The largest absolute Gasteiger partial charge is 0.494 e. The summed E-state index contributed by atoms with van der Waals surface area (Å²) in [7, 11) is -4.15. The number of anilines is 1. The highest BCUT2D eigenvalue weighted by atomic mass is 32.2. The lowest BCUT2D eigenvalue weighted by molar-refractivity contribution is -0.140. The lowest BCUT2D eigenvalue weighted by Gasteiger charge is -2.34. The fourth-order valence-corrected chi connectivity index (χ4v) is 7.40. The Hall–Kier alpha value is -3.50. The van der Waals surface area contributed by atoms with Gasteiger partial charge in [0.15, 0.2) is 0 Å². The fourth-order valence-electron chi connectivity index (χ4n) is 5.57. The number of carbonyl (C=O) groups excluding carboxylic acids is 2. The third-order valence-electron chi connectivity index (χ3n) is 7.88. The van der Waals surface area contributed by atoms with Gasteiger partial charge in [0.05, 0.1) is 17.2 Å². The number of sulfonamides is 1. The van der Waals surface area contributed by atoms with Crippen molar-refractivity contribution in [3.8, 4) is 5.75 Å². The number of nitrogens with zero attached hydrogens (tertiary/aromatic N) is 2. The van der Waals surface area contributed by atoms with E-state index in [0.29, 0.717) is 24.5 Å². The first-order valence-electron chi connectivity index (χ1n) is 15.2. The maximum Gasteiger partial charge on any atom is 0.264 e. The Kier molecular flexibility index (Phi) is 11.7. The van der Waals surface area contributed by atoms with Crippen molar-refractivity contribution >= 4 is 39.3 Å². The molecule has 1 atom stereocenters. The SMILES string of the molecule is CCOc1ccc(N(CC(=O)N(Cc2cccc(C)c2)[C@@H](CC)C(=O)NC2CCCC2)S(=O)(=O)c2ccc(SC)cc2)cc1. The molecule has 0 spiro atoms. The summed E-state index contributed by atoms with van der Waals surface area (Å²) in [5.41, 5.74) is 2.23. The van der Waals surface area contributed by atoms with Crippen LogP contribution in [-0.4, -0.2) is 56.6 Å². The second-order valence-electron chi connectivity index (χ2n) is 11.0. The predicted molar refractivity (Wildman–Crippen MR) is 177 cm³/mol. The van der Waals surface area contributed by atoms with Crippen molar-refractivity contribution in [2.24, 2.45) is 0 Å². The van der Waals surface area contributed by atoms with E-state index < -0.39 is 28.5 Å². The van der Waals surface area contributed by atoms with Crippen LogP contribution in [0.25, 0.3) is 0 Å². The van der Waals surface area contributed by atoms with Crippen molar-refractivity contribution in [1.82, 2.24) is 10.2 Å². The van der Waals surface area contributed by atoms with Crippen molar-refractivity contribution in [2.75, 3.05) is 23.7 Å². The number of benzene rings is 3. The lowest BCUT2D eigenvalue weighted by atomic mass is 10.1. The summed E-state index contributed by atoms with van der Waals surface area (Å²) in [6, 6.07) is 20.4. The average Bonchev–Trinajstić information content (AvgIpc) is 3.53. The van der Waals surface area contributed by atoms with E-state index >= 15 is 0 Å². The van der Waals surface area contributed by atoms with Gasteiger partial charge in [0.2, 0.25) is 11.8 Å². The first kappa shape index (κ1) is 33.4. The molecule has 2 amide bonds. The minimum Gasteiger partial charge on any atom is -0.494 e. The summed E-state index contributed by atoms with van der Waals surface area (Å²) < 4.78 is 35.0. The molecule has 1 fully saturated rings. The van der Waals surface area contributed by atoms with Crippen LogP contribution >= 0.6 is 11.8 Å². The van der Waals surface area contributed by atoms with E-state index in [1.165, 1.54) is 16.7 Å². The number of aryl methyl sites for hydroxylation is 1. The van der Waals surface area contributed by atoms with Gasteiger partial charge in [-0.15, -0.1) is 11.8 Å². The zero-order valence-electron chi connectivity index (χ0n) is 26.0. The van der Waals surface area contributed by atoms with E-state index in [2.05, 4.69) is 5.32 Å². The minimum absolute atomic E-state index is 0.0771. The predicted octanol–water partition coefficient (Wildman–Crippen LogP) is 6.18. The summed E-state index contributed by atoms with van der Waals surface area (Å²) >= 11 is 1.51. The topological polar surface area (TPSA) is 96.0 Å². The van der Waals surface area contributed by atoms with Crippen molar-refractivity contribution in [3.05, 3.63) is 83.9 Å². The Balaban J connectivity index is 1.72. The van der Waals surface area contributed by atoms with Crippen LogP contribution in [0, 0.1) is 6.92 Å². The van der Waals surface area contributed by atoms with Gasteiger partial charge in [-0.05, 0) is 93.5 Å². The van der Waals surface area contributed by atoms with E-state index in [-0.39, 0.29) is 23.4 Å². The van der Waals surface area contributed by atoms with E-state index in [1.54, 1.807) is 48.5 Å². The van der Waals surface area contributed by atoms with Crippen LogP contribution in [0.5, 0.6) is 5.75 Å². The van der Waals surface area contributed by atoms with Crippen molar-refractivity contribution in [3.63, 3.8) is 0 Å². The summed E-state index contributed by atoms with van der Waals surface area (Å²) in [5, 5.41) is 3.15. The summed E-state index contributed by atoms with van der Waals surface area (Å²) in [5.74, 6) is -0.0680. The molecule has 8 nitrogen and oxygen atoms in total. The molecule has 0 radical (unpaired) electrons. The minimum atomic E-state index is -4.15. The summed E-state index contributed by atoms with van der Waals surface area (Å²) in [6.45, 7) is 5.90. The van der Waals surface area contributed by atoms with Crippen LogP contribution in [0.4, 0.5) is 5.69 Å². The Bertz CT molecular complexity index is 1500. The fraction of sp³-hybridized carbons (Fsp3) is 0.412. The van der Waals surface area contributed by atoms with E-state index in [9.17, 15) is 18.0 Å². The molecule has 1 saturated carbocycles. The van der Waals surface area contributed by atoms with Crippen LogP contribution in [0.2, 0.25) is 0 Å². The molecular formula is C34H43N3O5S2. The standard InChI is InChI=1S/C34H43N3O5S2/c1-5-32(34(39)35-27-12-7-8-13-27)36(23-26-11-9-10-25(3)22-26)33(38)24-37(28-14-16-29(17-15-28)42-6-2)44(40,41)31-20-18-30(43-4)19-21-31/h9-11,14-22,27,32H,5-8,12-13,23-24H2,1-4H3,(H,35,39)/t32-/m0/s1. The molecule has 3 aromatic carbocycles. The number of carbonyl (C=O) groups is 2. The number of ether oxygens (including phenoxy) is 1. The first-order chi connectivity index (χ1) is 21.2. The third-order valence-corrected chi connectivity index (χ3v) is 10.4. The zero-order chi connectivity index (χ0) is 31.7. The molecule has 0 aliphatic heterocycles. The number of rotatable bonds is 14. The van der Waals surface area contributed by atoms with Gasteiger partial charge >= 0.3 is 0 Å². The van der Waals surface area contributed by atoms with E-state index in [4.69, 9.17) is 4.74 Å². The van der Waals surface area contributed by atoms with E-state index in [0.717, 1.165) is 46.0 Å². The molecule has 0 saturated heterocycles. The van der Waals surface area contributed by atoms with Crippen molar-refractivity contribution < 1.29 is 22.7 Å². The smallest absolute Gasteiger partial charge is 0.264 e. The van der Waals surface area contributed by atoms with E-state index in [1.807, 2.05) is 51.3 Å². The average molecular weight is 638 g/mol. The molecule has 44 heavy (non-hydrogen) atoms. The second kappa shape index (κ2) is 15.5. The first-order valence-corrected chi connectivity index (χ1v) is 17.9. The van der Waals surface area contributed by atoms with Gasteiger partial charge in [-0.1, -0.05) is 49.6 Å². The highest BCUT2D eigenvalue weighted by Crippen LogP contribution is 2.28. The molecule has 4 rings (SSSR count). The van der Waals surface area contributed by atoms with Gasteiger partial charge < -0.3 is 15.0 Å². The highest BCUT2D eigenvalue weighted by Gasteiger charge is 2.34. The van der Waals surface area contributed by atoms with Crippen LogP contribution in [0.3, 0.4) is 0 Å². The molecule has 1 aliphatic rings. The molecule has 0 heterocycles. The Labute approximate surface area is 266 Å². The van der Waals surface area contributed by atoms with Crippen molar-refractivity contribution in [1.29, 1.82) is 0 Å². The molecule has 3 aromatic rings.